The fourth-order valence-electron chi connectivity index (χ4n) is 2.31. The number of primary sulfonamides is 1. The number of aromatic nitrogens is 4. The van der Waals surface area contributed by atoms with Crippen LogP contribution in [-0.2, 0) is 14.8 Å². The van der Waals surface area contributed by atoms with Gasteiger partial charge in [-0.25, -0.2) is 22.7 Å². The van der Waals surface area contributed by atoms with Gasteiger partial charge in [0.1, 0.15) is 11.0 Å². The van der Waals surface area contributed by atoms with Gasteiger partial charge in [-0.3, -0.25) is 0 Å². The van der Waals surface area contributed by atoms with Crippen molar-refractivity contribution >= 4 is 33.2 Å². The van der Waals surface area contributed by atoms with Crippen LogP contribution < -0.4 is 9.88 Å². The van der Waals surface area contributed by atoms with E-state index in [2.05, 4.69) is 19.8 Å². The molecule has 0 unspecified atom stereocenters. The molecule has 2 heterocycles. The fourth-order valence-corrected chi connectivity index (χ4v) is 2.98. The number of carbonyl (C=O) groups is 1. The van der Waals surface area contributed by atoms with Gasteiger partial charge < -0.3 is 9.47 Å². The van der Waals surface area contributed by atoms with Crippen LogP contribution in [0.15, 0.2) is 23.4 Å². The minimum atomic E-state index is -4.26. The van der Waals surface area contributed by atoms with Gasteiger partial charge >= 0.3 is 12.0 Å². The first kappa shape index (κ1) is 18.9. The van der Waals surface area contributed by atoms with Gasteiger partial charge in [-0.1, -0.05) is 17.7 Å². The molecule has 2 aromatic heterocycles. The van der Waals surface area contributed by atoms with Crippen molar-refractivity contribution in [2.45, 2.75) is 5.16 Å². The summed E-state index contributed by atoms with van der Waals surface area (Å²) in [6.07, 6.45) is 0. The van der Waals surface area contributed by atoms with Crippen molar-refractivity contribution in [1.82, 2.24) is 19.6 Å². The predicted molar refractivity (Wildman–Crippen MR) is 90.5 cm³/mol. The Hall–Kier alpha value is -2.83. The maximum Gasteiger partial charge on any atom is 0.337 e. The third-order valence-electron chi connectivity index (χ3n) is 3.49. The summed E-state index contributed by atoms with van der Waals surface area (Å²) in [6, 6.07) is 3.31. The van der Waals surface area contributed by atoms with Crippen molar-refractivity contribution in [3.8, 4) is 17.1 Å². The monoisotopic (exact) mass is 415 g/mol. The van der Waals surface area contributed by atoms with Crippen LogP contribution >= 0.6 is 11.6 Å². The molecule has 0 aliphatic rings. The van der Waals surface area contributed by atoms with Crippen LogP contribution in [0.5, 0.6) is 6.01 Å². The highest BCUT2D eigenvalue weighted by molar-refractivity contribution is 7.89. The van der Waals surface area contributed by atoms with Crippen molar-refractivity contribution in [3.05, 3.63) is 34.7 Å². The lowest BCUT2D eigenvalue weighted by molar-refractivity contribution is 0.0600. The van der Waals surface area contributed by atoms with Gasteiger partial charge in [-0.05, 0) is 12.1 Å². The zero-order chi connectivity index (χ0) is 19.9. The Kier molecular flexibility index (Phi) is 4.71. The maximum atomic E-state index is 14.6. The number of ether oxygens (including phenoxy) is 2. The lowest BCUT2D eigenvalue weighted by Gasteiger charge is -2.10. The van der Waals surface area contributed by atoms with Gasteiger partial charge in [-0.15, -0.1) is 5.10 Å². The third-order valence-corrected chi connectivity index (χ3v) is 4.44. The molecule has 0 amide bonds. The van der Waals surface area contributed by atoms with Crippen molar-refractivity contribution in [3.63, 3.8) is 0 Å². The molecular formula is C14H11ClFN5O5S. The largest absolute Gasteiger partial charge is 0.467 e. The molecule has 0 aliphatic heterocycles. The molecule has 0 atom stereocenters. The molecular weight excluding hydrogens is 405 g/mol. The summed E-state index contributed by atoms with van der Waals surface area (Å²) in [4.78, 5) is 19.3. The average Bonchev–Trinajstić information content (AvgIpc) is 3.06. The van der Waals surface area contributed by atoms with E-state index in [-0.39, 0.29) is 33.5 Å². The van der Waals surface area contributed by atoms with Crippen LogP contribution in [0, 0.1) is 5.82 Å². The van der Waals surface area contributed by atoms with E-state index in [1.807, 2.05) is 0 Å². The Labute approximate surface area is 156 Å². The molecule has 0 spiro atoms. The first-order valence-electron chi connectivity index (χ1n) is 7.08. The van der Waals surface area contributed by atoms with Crippen LogP contribution in [0.4, 0.5) is 4.39 Å². The second-order valence-corrected chi connectivity index (χ2v) is 6.94. The van der Waals surface area contributed by atoms with E-state index in [1.165, 1.54) is 19.2 Å². The number of fused-ring (bicyclic) bond motifs is 1. The summed E-state index contributed by atoms with van der Waals surface area (Å²) in [6.45, 7) is 0. The fraction of sp³-hybridized carbons (Fsp3) is 0.143. The molecule has 142 valence electrons. The van der Waals surface area contributed by atoms with Crippen molar-refractivity contribution in [2.75, 3.05) is 14.2 Å². The van der Waals surface area contributed by atoms with Gasteiger partial charge in [0.25, 0.3) is 15.2 Å². The molecule has 0 fully saturated rings. The highest BCUT2D eigenvalue weighted by atomic mass is 35.5. The van der Waals surface area contributed by atoms with Crippen LogP contribution in [0.2, 0.25) is 5.15 Å². The zero-order valence-electron chi connectivity index (χ0n) is 13.8. The summed E-state index contributed by atoms with van der Waals surface area (Å²) in [5.41, 5.74) is -0.338. The van der Waals surface area contributed by atoms with E-state index in [1.54, 1.807) is 0 Å². The Morgan fingerprint density at radius 3 is 2.56 bits per heavy atom. The van der Waals surface area contributed by atoms with E-state index >= 15 is 0 Å². The molecule has 27 heavy (non-hydrogen) atoms. The van der Waals surface area contributed by atoms with Crippen LogP contribution in [-0.4, -0.2) is 48.2 Å². The molecule has 0 bridgehead atoms. The molecule has 2 N–H and O–H groups in total. The third kappa shape index (κ3) is 3.29. The van der Waals surface area contributed by atoms with Crippen LogP contribution in [0.25, 0.3) is 16.8 Å². The standard InChI is InChI=1S/C14H11ClFN5O5S/c1-25-12(22)6-3-4-7(8(16)5-6)9-10(15)18-14(26-2)21-11(9)19-13(20-21)27(17,23)24/h3-5H,1-2H3,(H2,17,23,24). The van der Waals surface area contributed by atoms with Gasteiger partial charge in [0.05, 0.1) is 25.3 Å². The molecule has 0 aliphatic carbocycles. The minimum Gasteiger partial charge on any atom is -0.467 e. The smallest absolute Gasteiger partial charge is 0.337 e. The maximum absolute atomic E-state index is 14.6. The average molecular weight is 416 g/mol. The van der Waals surface area contributed by atoms with Crippen molar-refractivity contribution in [1.29, 1.82) is 0 Å². The van der Waals surface area contributed by atoms with Crippen molar-refractivity contribution in [2.24, 2.45) is 5.14 Å². The highest BCUT2D eigenvalue weighted by Crippen LogP contribution is 2.34. The molecule has 3 rings (SSSR count). The normalized spacial score (nSPS) is 11.6. The summed E-state index contributed by atoms with van der Waals surface area (Å²) in [5.74, 6) is -1.57. The Morgan fingerprint density at radius 1 is 1.30 bits per heavy atom. The number of carbonyl (C=O) groups excluding carboxylic acids is 1. The van der Waals surface area contributed by atoms with E-state index in [0.717, 1.165) is 17.7 Å². The number of hydrogen-bond acceptors (Lipinski definition) is 8. The molecule has 0 saturated heterocycles. The first-order valence-corrected chi connectivity index (χ1v) is 9.01. The lowest BCUT2D eigenvalue weighted by Crippen LogP contribution is -2.14. The Bertz CT molecular complexity index is 1180. The molecule has 13 heteroatoms. The predicted octanol–water partition coefficient (Wildman–Crippen LogP) is 1.03. The summed E-state index contributed by atoms with van der Waals surface area (Å²) >= 11 is 6.14. The Balaban J connectivity index is 2.33. The number of nitrogens with zero attached hydrogens (tertiary/aromatic N) is 4. The van der Waals surface area contributed by atoms with E-state index in [0.29, 0.717) is 0 Å². The van der Waals surface area contributed by atoms with Gasteiger partial charge in [0.15, 0.2) is 5.65 Å². The number of nitrogens with two attached hydrogens (primary N) is 1. The topological polar surface area (TPSA) is 139 Å². The molecule has 0 saturated carbocycles. The molecule has 0 radical (unpaired) electrons. The number of methoxy groups -OCH3 is 2. The van der Waals surface area contributed by atoms with Gasteiger partial charge in [0, 0.05) is 5.56 Å². The van der Waals surface area contributed by atoms with Gasteiger partial charge in [-0.2, -0.15) is 14.5 Å². The lowest BCUT2D eigenvalue weighted by atomic mass is 10.1. The minimum absolute atomic E-state index is 0.0287. The molecule has 1 aromatic carbocycles. The second-order valence-electron chi connectivity index (χ2n) is 5.13. The zero-order valence-corrected chi connectivity index (χ0v) is 15.4. The number of esters is 1. The molecule has 3 aromatic rings. The van der Waals surface area contributed by atoms with Gasteiger partial charge in [0.2, 0.25) is 0 Å². The summed E-state index contributed by atoms with van der Waals surface area (Å²) in [5, 5.41) is 7.82. The Morgan fingerprint density at radius 2 is 2.00 bits per heavy atom. The first-order chi connectivity index (χ1) is 12.7. The highest BCUT2D eigenvalue weighted by Gasteiger charge is 2.25. The van der Waals surface area contributed by atoms with E-state index in [9.17, 15) is 17.6 Å². The van der Waals surface area contributed by atoms with Crippen LogP contribution in [0.3, 0.4) is 0 Å². The van der Waals surface area contributed by atoms with E-state index in [4.69, 9.17) is 21.5 Å². The number of halogens is 2. The SMILES string of the molecule is COC(=O)c1ccc(-c2c(Cl)nc(OC)n3nc(S(N)(=O)=O)nc23)c(F)c1. The second kappa shape index (κ2) is 6.72. The number of sulfonamides is 1. The number of rotatable bonds is 4. The number of hydrogen-bond donors (Lipinski definition) is 1. The van der Waals surface area contributed by atoms with Crippen molar-refractivity contribution < 1.29 is 27.1 Å². The van der Waals surface area contributed by atoms with Crippen LogP contribution in [0.1, 0.15) is 10.4 Å². The van der Waals surface area contributed by atoms with E-state index < -0.39 is 27.0 Å². The quantitative estimate of drug-likeness (QED) is 0.492. The number of benzene rings is 1. The summed E-state index contributed by atoms with van der Waals surface area (Å²) in [7, 11) is -1.85. The summed E-state index contributed by atoms with van der Waals surface area (Å²) < 4.78 is 48.2. The molecule has 10 nitrogen and oxygen atoms in total.